The molecule has 0 aliphatic heterocycles. The zero-order chi connectivity index (χ0) is 14.3. The number of aromatic nitrogens is 2. The van der Waals surface area contributed by atoms with Crippen molar-refractivity contribution in [2.24, 2.45) is 5.92 Å². The van der Waals surface area contributed by atoms with Crippen molar-refractivity contribution >= 4 is 22.4 Å². The number of anilines is 1. The molecule has 0 spiro atoms. The van der Waals surface area contributed by atoms with E-state index in [0.29, 0.717) is 24.1 Å². The molecule has 108 valence electrons. The summed E-state index contributed by atoms with van der Waals surface area (Å²) in [5.41, 5.74) is 0. The van der Waals surface area contributed by atoms with Gasteiger partial charge < -0.3 is 10.1 Å². The van der Waals surface area contributed by atoms with Crippen LogP contribution < -0.4 is 5.32 Å². The monoisotopic (exact) mass is 285 g/mol. The minimum atomic E-state index is -0.0736. The summed E-state index contributed by atoms with van der Waals surface area (Å²) in [5, 5.41) is 12.1. The molecule has 1 aromatic heterocycles. The van der Waals surface area contributed by atoms with Crippen molar-refractivity contribution < 1.29 is 9.53 Å². The largest absolute Gasteiger partial charge is 0.378 e. The number of ether oxygens (including phenoxy) is 1. The van der Waals surface area contributed by atoms with Gasteiger partial charge in [-0.1, -0.05) is 32.1 Å². The van der Waals surface area contributed by atoms with E-state index in [1.165, 1.54) is 11.3 Å². The summed E-state index contributed by atoms with van der Waals surface area (Å²) in [6.07, 6.45) is 2.39. The van der Waals surface area contributed by atoms with Crippen molar-refractivity contribution in [3.05, 3.63) is 5.01 Å². The molecule has 5 nitrogen and oxygen atoms in total. The summed E-state index contributed by atoms with van der Waals surface area (Å²) in [6.45, 7) is 8.81. The third-order valence-electron chi connectivity index (χ3n) is 2.55. The lowest BCUT2D eigenvalue weighted by molar-refractivity contribution is -0.117. The Labute approximate surface area is 118 Å². The van der Waals surface area contributed by atoms with E-state index < -0.39 is 0 Å². The molecule has 0 saturated heterocycles. The Balaban J connectivity index is 2.21. The van der Waals surface area contributed by atoms with Crippen molar-refractivity contribution in [3.8, 4) is 0 Å². The second-order valence-electron chi connectivity index (χ2n) is 4.96. The van der Waals surface area contributed by atoms with Crippen LogP contribution in [0.3, 0.4) is 0 Å². The Bertz CT molecular complexity index is 393. The van der Waals surface area contributed by atoms with Crippen molar-refractivity contribution in [1.29, 1.82) is 0 Å². The van der Waals surface area contributed by atoms with Crippen LogP contribution in [0, 0.1) is 5.92 Å². The van der Waals surface area contributed by atoms with E-state index >= 15 is 0 Å². The Morgan fingerprint density at radius 1 is 1.37 bits per heavy atom. The van der Waals surface area contributed by atoms with Crippen LogP contribution in [-0.2, 0) is 16.0 Å². The zero-order valence-electron chi connectivity index (χ0n) is 12.1. The van der Waals surface area contributed by atoms with E-state index in [4.69, 9.17) is 4.74 Å². The van der Waals surface area contributed by atoms with Gasteiger partial charge in [0.05, 0.1) is 19.1 Å². The second kappa shape index (κ2) is 8.22. The molecule has 19 heavy (non-hydrogen) atoms. The van der Waals surface area contributed by atoms with Gasteiger partial charge in [0.15, 0.2) is 0 Å². The quantitative estimate of drug-likeness (QED) is 0.797. The summed E-state index contributed by atoms with van der Waals surface area (Å²) in [5.74, 6) is 0.535. The molecule has 0 aliphatic rings. The topological polar surface area (TPSA) is 64.1 Å². The van der Waals surface area contributed by atoms with Gasteiger partial charge in [-0.25, -0.2) is 0 Å². The van der Waals surface area contributed by atoms with Gasteiger partial charge in [0.2, 0.25) is 11.0 Å². The lowest BCUT2D eigenvalue weighted by atomic mass is 10.1. The molecular formula is C13H23N3O2S. The number of amides is 1. The van der Waals surface area contributed by atoms with E-state index in [1.807, 2.05) is 13.8 Å². The molecule has 0 saturated carbocycles. The van der Waals surface area contributed by atoms with Crippen molar-refractivity contribution in [1.82, 2.24) is 10.2 Å². The van der Waals surface area contributed by atoms with E-state index in [0.717, 1.165) is 17.8 Å². The lowest BCUT2D eigenvalue weighted by Gasteiger charge is -2.14. The van der Waals surface area contributed by atoms with Gasteiger partial charge in [0, 0.05) is 0 Å². The Hall–Kier alpha value is -1.01. The first-order chi connectivity index (χ1) is 9.01. The van der Waals surface area contributed by atoms with E-state index in [2.05, 4.69) is 29.4 Å². The third-order valence-corrected chi connectivity index (χ3v) is 3.53. The molecule has 1 atom stereocenters. The summed E-state index contributed by atoms with van der Waals surface area (Å²) < 4.78 is 5.59. The molecule has 0 radical (unpaired) electrons. The molecule has 0 fully saturated rings. The van der Waals surface area contributed by atoms with Crippen LogP contribution in [0.25, 0.3) is 0 Å². The van der Waals surface area contributed by atoms with Gasteiger partial charge in [-0.3, -0.25) is 4.79 Å². The molecular weight excluding hydrogens is 262 g/mol. The number of nitrogens with one attached hydrogen (secondary N) is 1. The predicted octanol–water partition coefficient (Wildman–Crippen LogP) is 2.88. The first-order valence-corrected chi connectivity index (χ1v) is 7.56. The number of rotatable bonds is 8. The van der Waals surface area contributed by atoms with Gasteiger partial charge in [-0.2, -0.15) is 0 Å². The second-order valence-corrected chi connectivity index (χ2v) is 6.03. The molecule has 6 heteroatoms. The summed E-state index contributed by atoms with van der Waals surface area (Å²) in [6, 6.07) is 0. The molecule has 0 bridgehead atoms. The number of nitrogens with zero attached hydrogens (tertiary/aromatic N) is 2. The van der Waals surface area contributed by atoms with Crippen LogP contribution in [-0.4, -0.2) is 28.8 Å². The summed E-state index contributed by atoms with van der Waals surface area (Å²) >= 11 is 1.41. The highest BCUT2D eigenvalue weighted by Crippen LogP contribution is 2.15. The van der Waals surface area contributed by atoms with Crippen LogP contribution in [0.5, 0.6) is 0 Å². The Kier molecular flexibility index (Phi) is 6.94. The number of hydrogen-bond acceptors (Lipinski definition) is 5. The molecule has 0 aromatic carbocycles. The smallest absolute Gasteiger partial charge is 0.228 e. The first kappa shape index (κ1) is 16.0. The van der Waals surface area contributed by atoms with Gasteiger partial charge in [0.25, 0.3) is 0 Å². The predicted molar refractivity (Wildman–Crippen MR) is 77.4 cm³/mol. The SMILES string of the molecule is CCc1nnc(NC(=O)CCO[C@@H](C)CC(C)C)s1. The molecule has 1 heterocycles. The lowest BCUT2D eigenvalue weighted by Crippen LogP contribution is -2.17. The average molecular weight is 285 g/mol. The maximum Gasteiger partial charge on any atom is 0.228 e. The molecule has 1 N–H and O–H groups in total. The van der Waals surface area contributed by atoms with Gasteiger partial charge in [-0.15, -0.1) is 10.2 Å². The van der Waals surface area contributed by atoms with Crippen molar-refractivity contribution in [3.63, 3.8) is 0 Å². The standard InChI is InChI=1S/C13H23N3O2S/c1-5-12-15-16-13(19-12)14-11(17)6-7-18-10(4)8-9(2)3/h9-10H,5-8H2,1-4H3,(H,14,16,17)/t10-/m0/s1. The van der Waals surface area contributed by atoms with Crippen LogP contribution in [0.15, 0.2) is 0 Å². The maximum absolute atomic E-state index is 11.7. The maximum atomic E-state index is 11.7. The Morgan fingerprint density at radius 3 is 2.68 bits per heavy atom. The molecule has 0 unspecified atom stereocenters. The zero-order valence-corrected chi connectivity index (χ0v) is 12.9. The first-order valence-electron chi connectivity index (χ1n) is 6.75. The minimum Gasteiger partial charge on any atom is -0.378 e. The third kappa shape index (κ3) is 6.63. The fourth-order valence-corrected chi connectivity index (χ4v) is 2.41. The highest BCUT2D eigenvalue weighted by Gasteiger charge is 2.09. The van der Waals surface area contributed by atoms with Gasteiger partial charge in [0.1, 0.15) is 5.01 Å². The van der Waals surface area contributed by atoms with Crippen molar-refractivity contribution in [2.75, 3.05) is 11.9 Å². The van der Waals surface area contributed by atoms with Gasteiger partial charge >= 0.3 is 0 Å². The van der Waals surface area contributed by atoms with Crippen LogP contribution in [0.4, 0.5) is 5.13 Å². The molecule has 1 amide bonds. The van der Waals surface area contributed by atoms with E-state index in [9.17, 15) is 4.79 Å². The molecule has 1 rings (SSSR count). The average Bonchev–Trinajstić information content (AvgIpc) is 2.75. The molecule has 0 aliphatic carbocycles. The fraction of sp³-hybridized carbons (Fsp3) is 0.769. The highest BCUT2D eigenvalue weighted by atomic mass is 32.1. The van der Waals surface area contributed by atoms with Gasteiger partial charge in [-0.05, 0) is 25.7 Å². The van der Waals surface area contributed by atoms with E-state index in [-0.39, 0.29) is 12.0 Å². The number of hydrogen-bond donors (Lipinski definition) is 1. The Morgan fingerprint density at radius 2 is 2.11 bits per heavy atom. The van der Waals surface area contributed by atoms with E-state index in [1.54, 1.807) is 0 Å². The van der Waals surface area contributed by atoms with Crippen LogP contribution in [0.2, 0.25) is 0 Å². The van der Waals surface area contributed by atoms with Crippen molar-refractivity contribution in [2.45, 2.75) is 53.1 Å². The fourth-order valence-electron chi connectivity index (χ4n) is 1.71. The summed E-state index contributed by atoms with van der Waals surface area (Å²) in [4.78, 5) is 11.7. The van der Waals surface area contributed by atoms with Crippen LogP contribution >= 0.6 is 11.3 Å². The minimum absolute atomic E-state index is 0.0736. The number of aryl methyl sites for hydroxylation is 1. The highest BCUT2D eigenvalue weighted by molar-refractivity contribution is 7.15. The van der Waals surface area contributed by atoms with Crippen LogP contribution in [0.1, 0.15) is 45.5 Å². The summed E-state index contributed by atoms with van der Waals surface area (Å²) in [7, 11) is 0. The number of carbonyl (C=O) groups is 1. The number of carbonyl (C=O) groups excluding carboxylic acids is 1. The molecule has 1 aromatic rings. The normalized spacial score (nSPS) is 12.7.